The highest BCUT2D eigenvalue weighted by Gasteiger charge is 2.30. The van der Waals surface area contributed by atoms with Crippen LogP contribution in [0, 0.1) is 0 Å². The predicted molar refractivity (Wildman–Crippen MR) is 70.0 cm³/mol. The van der Waals surface area contributed by atoms with E-state index in [9.17, 15) is 4.79 Å². The Hall–Kier alpha value is -2.50. The van der Waals surface area contributed by atoms with Crippen LogP contribution in [0.3, 0.4) is 0 Å². The highest BCUT2D eigenvalue weighted by molar-refractivity contribution is 6.18. The molecular formula is C14H12N2O4. The van der Waals surface area contributed by atoms with Crippen LogP contribution in [0.1, 0.15) is 5.56 Å². The Bertz CT molecular complexity index is 663. The lowest BCUT2D eigenvalue weighted by Crippen LogP contribution is -2.21. The molecule has 0 saturated carbocycles. The third-order valence-electron chi connectivity index (χ3n) is 3.47. The molecule has 6 heteroatoms. The van der Waals surface area contributed by atoms with E-state index in [1.807, 2.05) is 18.2 Å². The molecule has 4 rings (SSSR count). The first-order valence-corrected chi connectivity index (χ1v) is 6.42. The molecule has 1 aromatic carbocycles. The smallest absolute Gasteiger partial charge is 0.355 e. The summed E-state index contributed by atoms with van der Waals surface area (Å²) in [4.78, 5) is 16.2. The van der Waals surface area contributed by atoms with E-state index in [0.717, 1.165) is 22.6 Å². The molecule has 0 fully saturated rings. The van der Waals surface area contributed by atoms with E-state index in [4.69, 9.17) is 14.2 Å². The third-order valence-corrected chi connectivity index (χ3v) is 3.47. The van der Waals surface area contributed by atoms with Gasteiger partial charge in [0.1, 0.15) is 12.3 Å². The highest BCUT2D eigenvalue weighted by Crippen LogP contribution is 2.34. The molecule has 0 aliphatic carbocycles. The quantitative estimate of drug-likeness (QED) is 0.759. The highest BCUT2D eigenvalue weighted by atomic mass is 16.7. The maximum absolute atomic E-state index is 11.7. The van der Waals surface area contributed by atoms with Gasteiger partial charge in [-0.15, -0.1) is 0 Å². The number of aliphatic imine (C=N–C) groups is 1. The minimum Gasteiger partial charge on any atom is -0.456 e. The summed E-state index contributed by atoms with van der Waals surface area (Å²) in [5.74, 6) is 1.12. The number of cyclic esters (lactones) is 1. The number of carbonyl (C=O) groups is 1. The van der Waals surface area contributed by atoms with Gasteiger partial charge in [-0.05, 0) is 18.2 Å². The Kier molecular flexibility index (Phi) is 2.42. The summed E-state index contributed by atoms with van der Waals surface area (Å²) in [5, 5.41) is 3.08. The summed E-state index contributed by atoms with van der Waals surface area (Å²) >= 11 is 0. The van der Waals surface area contributed by atoms with Crippen molar-refractivity contribution in [3.63, 3.8) is 0 Å². The number of nitrogens with zero attached hydrogens (tertiary/aromatic N) is 1. The standard InChI is InChI=1S/C14H12N2O4/c17-14-13-9(6-18-14)12(15-3-4-16-13)8-1-2-10-11(5-8)20-7-19-10/h1-2,5,16H,3-4,6-7H2. The molecule has 0 unspecified atom stereocenters. The van der Waals surface area contributed by atoms with Gasteiger partial charge >= 0.3 is 5.97 Å². The number of nitrogens with one attached hydrogen (secondary N) is 1. The van der Waals surface area contributed by atoms with Gasteiger partial charge < -0.3 is 19.5 Å². The molecule has 6 nitrogen and oxygen atoms in total. The van der Waals surface area contributed by atoms with Crippen molar-refractivity contribution < 1.29 is 19.0 Å². The molecule has 0 aromatic heterocycles. The van der Waals surface area contributed by atoms with Crippen LogP contribution in [-0.2, 0) is 9.53 Å². The molecule has 0 radical (unpaired) electrons. The van der Waals surface area contributed by atoms with Crippen LogP contribution in [0.25, 0.3) is 0 Å². The SMILES string of the molecule is O=C1OCC2=C1NCCN=C2c1ccc2c(c1)OCO2. The number of hydrogen-bond donors (Lipinski definition) is 1. The number of rotatable bonds is 1. The molecule has 102 valence electrons. The first kappa shape index (κ1) is 11.3. The first-order chi connectivity index (χ1) is 9.83. The Morgan fingerprint density at radius 1 is 1.15 bits per heavy atom. The van der Waals surface area contributed by atoms with Crippen molar-refractivity contribution >= 4 is 11.7 Å². The number of hydrogen-bond acceptors (Lipinski definition) is 6. The van der Waals surface area contributed by atoms with Gasteiger partial charge in [0.25, 0.3) is 0 Å². The van der Waals surface area contributed by atoms with Crippen molar-refractivity contribution in [2.24, 2.45) is 4.99 Å². The van der Waals surface area contributed by atoms with Crippen LogP contribution in [0.2, 0.25) is 0 Å². The molecule has 3 heterocycles. The van der Waals surface area contributed by atoms with E-state index < -0.39 is 0 Å². The van der Waals surface area contributed by atoms with Gasteiger partial charge in [-0.3, -0.25) is 4.99 Å². The molecule has 0 spiro atoms. The number of ether oxygens (including phenoxy) is 3. The summed E-state index contributed by atoms with van der Waals surface area (Å²) in [6.07, 6.45) is 0. The molecule has 1 aromatic rings. The lowest BCUT2D eigenvalue weighted by molar-refractivity contribution is -0.136. The van der Waals surface area contributed by atoms with Crippen molar-refractivity contribution in [3.8, 4) is 11.5 Å². The van der Waals surface area contributed by atoms with Gasteiger partial charge in [0.15, 0.2) is 11.5 Å². The second-order valence-corrected chi connectivity index (χ2v) is 4.65. The Labute approximate surface area is 115 Å². The Balaban J connectivity index is 1.80. The van der Waals surface area contributed by atoms with Crippen LogP contribution >= 0.6 is 0 Å². The second kappa shape index (κ2) is 4.26. The van der Waals surface area contributed by atoms with Crippen LogP contribution in [-0.4, -0.2) is 38.2 Å². The van der Waals surface area contributed by atoms with Crippen molar-refractivity contribution in [1.29, 1.82) is 0 Å². The minimum atomic E-state index is -0.310. The molecule has 20 heavy (non-hydrogen) atoms. The number of carbonyl (C=O) groups excluding carboxylic acids is 1. The van der Waals surface area contributed by atoms with Gasteiger partial charge in [-0.25, -0.2) is 4.79 Å². The van der Waals surface area contributed by atoms with E-state index in [1.54, 1.807) is 0 Å². The number of esters is 1. The fraction of sp³-hybridized carbons (Fsp3) is 0.286. The average molecular weight is 272 g/mol. The molecule has 3 aliphatic rings. The van der Waals surface area contributed by atoms with E-state index in [2.05, 4.69) is 10.3 Å². The fourth-order valence-corrected chi connectivity index (χ4v) is 2.52. The summed E-state index contributed by atoms with van der Waals surface area (Å²) in [7, 11) is 0. The Morgan fingerprint density at radius 2 is 2.05 bits per heavy atom. The van der Waals surface area contributed by atoms with E-state index >= 15 is 0 Å². The minimum absolute atomic E-state index is 0.238. The van der Waals surface area contributed by atoms with Crippen molar-refractivity contribution in [2.45, 2.75) is 0 Å². The molecular weight excluding hydrogens is 260 g/mol. The maximum Gasteiger partial charge on any atom is 0.355 e. The van der Waals surface area contributed by atoms with Crippen molar-refractivity contribution in [3.05, 3.63) is 35.0 Å². The maximum atomic E-state index is 11.7. The van der Waals surface area contributed by atoms with E-state index in [0.29, 0.717) is 24.5 Å². The van der Waals surface area contributed by atoms with Gasteiger partial charge in [-0.2, -0.15) is 0 Å². The van der Waals surface area contributed by atoms with Crippen LogP contribution in [0.4, 0.5) is 0 Å². The number of fused-ring (bicyclic) bond motifs is 1. The normalized spacial score (nSPS) is 20.0. The van der Waals surface area contributed by atoms with E-state index in [-0.39, 0.29) is 19.4 Å². The second-order valence-electron chi connectivity index (χ2n) is 4.65. The molecule has 0 bridgehead atoms. The van der Waals surface area contributed by atoms with Gasteiger partial charge in [0, 0.05) is 17.7 Å². The molecule has 0 atom stereocenters. The summed E-state index contributed by atoms with van der Waals surface area (Å²) in [6.45, 7) is 1.74. The lowest BCUT2D eigenvalue weighted by Gasteiger charge is -2.07. The largest absolute Gasteiger partial charge is 0.456 e. The molecule has 3 aliphatic heterocycles. The zero-order valence-corrected chi connectivity index (χ0v) is 10.6. The molecule has 0 amide bonds. The van der Waals surface area contributed by atoms with Gasteiger partial charge in [0.05, 0.1) is 12.3 Å². The fourth-order valence-electron chi connectivity index (χ4n) is 2.52. The van der Waals surface area contributed by atoms with Gasteiger partial charge in [-0.1, -0.05) is 0 Å². The first-order valence-electron chi connectivity index (χ1n) is 6.42. The summed E-state index contributed by atoms with van der Waals surface area (Å²) in [5.41, 5.74) is 3.03. The summed E-state index contributed by atoms with van der Waals surface area (Å²) < 4.78 is 15.8. The topological polar surface area (TPSA) is 69.2 Å². The molecule has 0 saturated heterocycles. The van der Waals surface area contributed by atoms with Crippen LogP contribution in [0.15, 0.2) is 34.5 Å². The van der Waals surface area contributed by atoms with Crippen LogP contribution < -0.4 is 14.8 Å². The zero-order valence-electron chi connectivity index (χ0n) is 10.6. The monoisotopic (exact) mass is 272 g/mol. The third kappa shape index (κ3) is 1.65. The number of benzene rings is 1. The van der Waals surface area contributed by atoms with Crippen molar-refractivity contribution in [2.75, 3.05) is 26.5 Å². The lowest BCUT2D eigenvalue weighted by atomic mass is 10.0. The van der Waals surface area contributed by atoms with Crippen LogP contribution in [0.5, 0.6) is 11.5 Å². The average Bonchev–Trinajstić information content (AvgIpc) is 3.00. The summed E-state index contributed by atoms with van der Waals surface area (Å²) in [6, 6.07) is 5.67. The van der Waals surface area contributed by atoms with Gasteiger partial charge in [0.2, 0.25) is 6.79 Å². The predicted octanol–water partition coefficient (Wildman–Crippen LogP) is 0.619. The Morgan fingerprint density at radius 3 is 3.00 bits per heavy atom. The van der Waals surface area contributed by atoms with E-state index in [1.165, 1.54) is 0 Å². The zero-order chi connectivity index (χ0) is 13.5. The van der Waals surface area contributed by atoms with Crippen molar-refractivity contribution in [1.82, 2.24) is 5.32 Å². The molecule has 1 N–H and O–H groups in total.